The molecule has 9 heteroatoms. The molecular formula is C21H29FN6O2. The van der Waals surface area contributed by atoms with E-state index in [0.29, 0.717) is 6.54 Å². The number of fused-ring (bicyclic) bond motifs is 3. The number of carbonyl (C=O) groups excluding carboxylic acids is 2. The van der Waals surface area contributed by atoms with E-state index >= 15 is 0 Å². The van der Waals surface area contributed by atoms with Gasteiger partial charge >= 0.3 is 6.03 Å². The smallest absolute Gasteiger partial charge is 0.310 e. The van der Waals surface area contributed by atoms with E-state index in [1.165, 1.54) is 24.1 Å². The Hall–Kier alpha value is -2.52. The second-order valence-corrected chi connectivity index (χ2v) is 8.17. The number of rotatable bonds is 6. The van der Waals surface area contributed by atoms with E-state index in [9.17, 15) is 14.0 Å². The van der Waals surface area contributed by atoms with Gasteiger partial charge < -0.3 is 4.90 Å². The van der Waals surface area contributed by atoms with Crippen molar-refractivity contribution in [3.05, 3.63) is 35.6 Å². The van der Waals surface area contributed by atoms with E-state index < -0.39 is 12.2 Å². The van der Waals surface area contributed by atoms with Crippen molar-refractivity contribution in [1.29, 1.82) is 0 Å². The lowest BCUT2D eigenvalue weighted by Crippen LogP contribution is -2.65. The van der Waals surface area contributed by atoms with Gasteiger partial charge in [0.05, 0.1) is 5.71 Å². The normalized spacial score (nSPS) is 26.7. The maximum atomic E-state index is 13.4. The van der Waals surface area contributed by atoms with Gasteiger partial charge in [0.1, 0.15) is 18.0 Å². The molecule has 3 unspecified atom stereocenters. The lowest BCUT2D eigenvalue weighted by atomic mass is 10.1. The Balaban J connectivity index is 1.64. The van der Waals surface area contributed by atoms with Crippen LogP contribution in [0.5, 0.6) is 0 Å². The summed E-state index contributed by atoms with van der Waals surface area (Å²) in [6.45, 7) is 3.35. The zero-order valence-electron chi connectivity index (χ0n) is 17.7. The Bertz CT molecular complexity index is 844. The van der Waals surface area contributed by atoms with Gasteiger partial charge in [0.15, 0.2) is 6.29 Å². The third-order valence-electron chi connectivity index (χ3n) is 6.16. The van der Waals surface area contributed by atoms with Crippen LogP contribution in [0, 0.1) is 5.82 Å². The number of nitrogens with zero attached hydrogens (tertiary/aromatic N) is 5. The highest BCUT2D eigenvalue weighted by atomic mass is 19.1. The summed E-state index contributed by atoms with van der Waals surface area (Å²) in [5, 5.41) is 10.3. The predicted molar refractivity (Wildman–Crippen MR) is 111 cm³/mol. The topological polar surface area (TPSA) is 71.5 Å². The number of hydrogen-bond acceptors (Lipinski definition) is 6. The molecule has 3 atom stereocenters. The third kappa shape index (κ3) is 3.56. The number of nitrogens with one attached hydrogen (secondary N) is 1. The quantitative estimate of drug-likeness (QED) is 0.717. The molecule has 1 N–H and O–H groups in total. The van der Waals surface area contributed by atoms with E-state index in [4.69, 9.17) is 5.10 Å². The summed E-state index contributed by atoms with van der Waals surface area (Å²) in [4.78, 5) is 30.3. The highest BCUT2D eigenvalue weighted by Gasteiger charge is 2.55. The second-order valence-electron chi connectivity index (χ2n) is 8.17. The average molecular weight is 417 g/mol. The first-order chi connectivity index (χ1) is 14.4. The van der Waals surface area contributed by atoms with Crippen molar-refractivity contribution >= 4 is 17.6 Å². The zero-order chi connectivity index (χ0) is 21.4. The van der Waals surface area contributed by atoms with Crippen LogP contribution in [0.4, 0.5) is 9.18 Å². The number of amides is 3. The molecule has 3 heterocycles. The molecule has 0 aliphatic carbocycles. The minimum atomic E-state index is -0.494. The van der Waals surface area contributed by atoms with Crippen molar-refractivity contribution in [2.45, 2.75) is 51.1 Å². The van der Waals surface area contributed by atoms with E-state index in [1.807, 2.05) is 5.01 Å². The number of carbonyl (C=O) groups is 2. The molecule has 0 saturated carbocycles. The summed E-state index contributed by atoms with van der Waals surface area (Å²) >= 11 is 0. The molecule has 3 aliphatic heterocycles. The number of unbranched alkanes of at least 4 members (excludes halogenated alkanes) is 3. The predicted octanol–water partition coefficient (Wildman–Crippen LogP) is 1.83. The van der Waals surface area contributed by atoms with Crippen LogP contribution in [0.25, 0.3) is 0 Å². The van der Waals surface area contributed by atoms with E-state index in [1.54, 1.807) is 24.1 Å². The molecule has 0 aromatic heterocycles. The molecule has 1 aromatic carbocycles. The molecule has 162 valence electrons. The second kappa shape index (κ2) is 8.31. The minimum Gasteiger partial charge on any atom is -0.310 e. The summed E-state index contributed by atoms with van der Waals surface area (Å²) in [7, 11) is 3.23. The third-order valence-corrected chi connectivity index (χ3v) is 6.16. The van der Waals surface area contributed by atoms with Gasteiger partial charge in [-0.2, -0.15) is 5.10 Å². The van der Waals surface area contributed by atoms with Crippen molar-refractivity contribution in [3.8, 4) is 0 Å². The highest BCUT2D eigenvalue weighted by molar-refractivity contribution is 6.04. The minimum absolute atomic E-state index is 0.218. The molecule has 0 spiro atoms. The first-order valence-corrected chi connectivity index (χ1v) is 10.6. The fourth-order valence-corrected chi connectivity index (χ4v) is 4.44. The van der Waals surface area contributed by atoms with Crippen molar-refractivity contribution < 1.29 is 14.0 Å². The fraction of sp³-hybridized carbons (Fsp3) is 0.571. The first kappa shape index (κ1) is 20.7. The number of halogens is 1. The van der Waals surface area contributed by atoms with Crippen molar-refractivity contribution in [2.75, 3.05) is 27.2 Å². The molecule has 4 rings (SSSR count). The number of hydrazone groups is 1. The summed E-state index contributed by atoms with van der Waals surface area (Å²) in [5.74, 6) is -0.513. The molecule has 30 heavy (non-hydrogen) atoms. The number of hydrogen-bond donors (Lipinski definition) is 1. The Morgan fingerprint density at radius 3 is 2.57 bits per heavy atom. The Kier molecular flexibility index (Phi) is 5.75. The standard InChI is InChI=1S/C21H29FN6O2/c1-4-5-6-7-12-28-20-23-18-17(19(29)26(3)21(30)25(18)2)27(20)13-16(24-28)14-8-10-15(22)11-9-14/h8-11,17-18,20,23H,4-7,12-13H2,1-3H3. The van der Waals surface area contributed by atoms with Crippen LogP contribution in [0.3, 0.4) is 0 Å². The van der Waals surface area contributed by atoms with Gasteiger partial charge in [-0.15, -0.1) is 0 Å². The first-order valence-electron chi connectivity index (χ1n) is 10.6. The summed E-state index contributed by atoms with van der Waals surface area (Å²) < 4.78 is 13.4. The molecule has 8 nitrogen and oxygen atoms in total. The van der Waals surface area contributed by atoms with E-state index in [-0.39, 0.29) is 24.0 Å². The molecule has 0 radical (unpaired) electrons. The largest absolute Gasteiger partial charge is 0.327 e. The lowest BCUT2D eigenvalue weighted by Gasteiger charge is -2.41. The fourth-order valence-electron chi connectivity index (χ4n) is 4.44. The molecule has 3 aliphatic rings. The van der Waals surface area contributed by atoms with E-state index in [2.05, 4.69) is 17.1 Å². The number of imide groups is 1. The van der Waals surface area contributed by atoms with Crippen LogP contribution in [0.15, 0.2) is 29.4 Å². The van der Waals surface area contributed by atoms with E-state index in [0.717, 1.165) is 43.5 Å². The van der Waals surface area contributed by atoms with Gasteiger partial charge in [0.25, 0.3) is 5.91 Å². The average Bonchev–Trinajstić information content (AvgIpc) is 3.14. The van der Waals surface area contributed by atoms with Crippen LogP contribution in [-0.2, 0) is 4.79 Å². The Labute approximate surface area is 176 Å². The van der Waals surface area contributed by atoms with Gasteiger partial charge in [-0.3, -0.25) is 20.0 Å². The van der Waals surface area contributed by atoms with Gasteiger partial charge in [-0.1, -0.05) is 38.3 Å². The maximum Gasteiger partial charge on any atom is 0.327 e. The SMILES string of the molecule is CCCCCCN1N=C(c2ccc(F)cc2)CN2C3C(=O)N(C)C(=O)N(C)C3NC12. The summed E-state index contributed by atoms with van der Waals surface area (Å²) in [6.07, 6.45) is 3.72. The molecule has 0 bridgehead atoms. The number of benzene rings is 1. The number of likely N-dealkylation sites (N-methyl/N-ethyl adjacent to an activating group) is 2. The molecule has 3 amide bonds. The van der Waals surface area contributed by atoms with Crippen molar-refractivity contribution in [3.63, 3.8) is 0 Å². The molecule has 2 saturated heterocycles. The van der Waals surface area contributed by atoms with Gasteiger partial charge in [-0.25, -0.2) is 14.1 Å². The van der Waals surface area contributed by atoms with Crippen LogP contribution < -0.4 is 5.32 Å². The lowest BCUT2D eigenvalue weighted by molar-refractivity contribution is -0.137. The molecular weight excluding hydrogens is 387 g/mol. The Morgan fingerprint density at radius 1 is 1.13 bits per heavy atom. The molecule has 1 aromatic rings. The highest BCUT2D eigenvalue weighted by Crippen LogP contribution is 2.30. The van der Waals surface area contributed by atoms with Crippen LogP contribution in [0.1, 0.15) is 38.2 Å². The van der Waals surface area contributed by atoms with Gasteiger partial charge in [-0.05, 0) is 24.1 Å². The summed E-state index contributed by atoms with van der Waals surface area (Å²) in [6, 6.07) is 5.47. The van der Waals surface area contributed by atoms with Crippen molar-refractivity contribution in [2.24, 2.45) is 5.10 Å². The zero-order valence-corrected chi connectivity index (χ0v) is 17.7. The van der Waals surface area contributed by atoms with Crippen LogP contribution >= 0.6 is 0 Å². The van der Waals surface area contributed by atoms with Crippen LogP contribution in [0.2, 0.25) is 0 Å². The van der Waals surface area contributed by atoms with Crippen molar-refractivity contribution in [1.82, 2.24) is 25.0 Å². The molecule has 2 fully saturated rings. The summed E-state index contributed by atoms with van der Waals surface area (Å²) in [5.41, 5.74) is 1.62. The van der Waals surface area contributed by atoms with Crippen LogP contribution in [-0.4, -0.2) is 83.0 Å². The maximum absolute atomic E-state index is 13.4. The monoisotopic (exact) mass is 416 g/mol. The van der Waals surface area contributed by atoms with Gasteiger partial charge in [0, 0.05) is 27.2 Å². The van der Waals surface area contributed by atoms with Gasteiger partial charge in [0.2, 0.25) is 0 Å². The Morgan fingerprint density at radius 2 is 1.87 bits per heavy atom. The number of urea groups is 1.